The molecule has 4 heteroatoms. The number of furan rings is 2. The van der Waals surface area contributed by atoms with Gasteiger partial charge in [0.2, 0.25) is 0 Å². The van der Waals surface area contributed by atoms with Crippen LogP contribution in [0.2, 0.25) is 0 Å². The van der Waals surface area contributed by atoms with Crippen molar-refractivity contribution in [3.63, 3.8) is 0 Å². The molecular weight excluding hydrogens is 302 g/mol. The molecule has 0 radical (unpaired) electrons. The number of carbonyl (C=O) groups is 1. The summed E-state index contributed by atoms with van der Waals surface area (Å²) in [4.78, 5) is 15.4. The molecule has 0 spiro atoms. The van der Waals surface area contributed by atoms with Crippen LogP contribution in [0.4, 0.5) is 0 Å². The molecule has 2 aliphatic rings. The van der Waals surface area contributed by atoms with E-state index in [1.807, 2.05) is 50.3 Å². The maximum absolute atomic E-state index is 13.1. The van der Waals surface area contributed by atoms with E-state index < -0.39 is 0 Å². The van der Waals surface area contributed by atoms with Crippen molar-refractivity contribution >= 4 is 17.9 Å². The van der Waals surface area contributed by atoms with Gasteiger partial charge in [-0.3, -0.25) is 9.69 Å². The highest BCUT2D eigenvalue weighted by molar-refractivity contribution is 6.15. The van der Waals surface area contributed by atoms with Crippen molar-refractivity contribution in [3.8, 4) is 0 Å². The van der Waals surface area contributed by atoms with Gasteiger partial charge in [0, 0.05) is 23.2 Å². The molecule has 0 aliphatic carbocycles. The second kappa shape index (κ2) is 5.64. The molecule has 24 heavy (non-hydrogen) atoms. The van der Waals surface area contributed by atoms with Gasteiger partial charge in [0.1, 0.15) is 23.0 Å². The molecule has 0 saturated carbocycles. The summed E-state index contributed by atoms with van der Waals surface area (Å²) in [5.41, 5.74) is 1.63. The predicted octanol–water partition coefficient (Wildman–Crippen LogP) is 4.00. The Kier molecular flexibility index (Phi) is 3.57. The zero-order valence-corrected chi connectivity index (χ0v) is 14.2. The average Bonchev–Trinajstić information content (AvgIpc) is 3.21. The fourth-order valence-corrected chi connectivity index (χ4v) is 3.85. The van der Waals surface area contributed by atoms with Gasteiger partial charge in [0.15, 0.2) is 5.78 Å². The van der Waals surface area contributed by atoms with Crippen LogP contribution in [-0.4, -0.2) is 29.8 Å². The van der Waals surface area contributed by atoms with Gasteiger partial charge in [-0.1, -0.05) is 0 Å². The van der Waals surface area contributed by atoms with Crippen molar-refractivity contribution < 1.29 is 13.6 Å². The number of rotatable bonds is 2. The number of piperidine rings is 1. The van der Waals surface area contributed by atoms with Crippen LogP contribution in [-0.2, 0) is 4.79 Å². The number of hydrogen-bond donors (Lipinski definition) is 0. The third-order valence-corrected chi connectivity index (χ3v) is 5.06. The van der Waals surface area contributed by atoms with Gasteiger partial charge in [0.25, 0.3) is 0 Å². The molecular formula is C20H21NO3. The Labute approximate surface area is 141 Å². The summed E-state index contributed by atoms with van der Waals surface area (Å²) in [6.07, 6.45) is 5.79. The smallest absolute Gasteiger partial charge is 0.188 e. The van der Waals surface area contributed by atoms with Gasteiger partial charge >= 0.3 is 0 Å². The first-order chi connectivity index (χ1) is 11.5. The van der Waals surface area contributed by atoms with E-state index in [4.69, 9.17) is 8.83 Å². The Morgan fingerprint density at radius 3 is 1.75 bits per heavy atom. The van der Waals surface area contributed by atoms with Gasteiger partial charge in [0.05, 0.1) is 0 Å². The van der Waals surface area contributed by atoms with Gasteiger partial charge in [-0.2, -0.15) is 0 Å². The van der Waals surface area contributed by atoms with Crippen molar-refractivity contribution in [1.29, 1.82) is 0 Å². The van der Waals surface area contributed by atoms with Crippen LogP contribution in [0.15, 0.2) is 44.2 Å². The van der Waals surface area contributed by atoms with Crippen LogP contribution in [0, 0.1) is 13.8 Å². The molecule has 2 atom stereocenters. The lowest BCUT2D eigenvalue weighted by molar-refractivity contribution is -0.114. The Bertz CT molecular complexity index is 784. The van der Waals surface area contributed by atoms with Crippen LogP contribution in [0.5, 0.6) is 0 Å². The minimum absolute atomic E-state index is 0.115. The van der Waals surface area contributed by atoms with Gasteiger partial charge < -0.3 is 8.83 Å². The maximum Gasteiger partial charge on any atom is 0.188 e. The van der Waals surface area contributed by atoms with E-state index in [1.54, 1.807) is 0 Å². The van der Waals surface area contributed by atoms with Crippen LogP contribution < -0.4 is 0 Å². The lowest BCUT2D eigenvalue weighted by atomic mass is 9.90. The number of aryl methyl sites for hydroxylation is 2. The van der Waals surface area contributed by atoms with Crippen LogP contribution in [0.3, 0.4) is 0 Å². The van der Waals surface area contributed by atoms with Crippen molar-refractivity contribution in [2.75, 3.05) is 7.05 Å². The minimum atomic E-state index is 0.115. The zero-order valence-electron chi connectivity index (χ0n) is 14.2. The molecule has 0 amide bonds. The normalized spacial score (nSPS) is 27.5. The van der Waals surface area contributed by atoms with Crippen LogP contribution >= 0.6 is 0 Å². The summed E-state index contributed by atoms with van der Waals surface area (Å²) in [6, 6.07) is 8.00. The summed E-state index contributed by atoms with van der Waals surface area (Å²) in [5, 5.41) is 0. The number of fused-ring (bicyclic) bond motifs is 2. The second-order valence-corrected chi connectivity index (χ2v) is 6.70. The lowest BCUT2D eigenvalue weighted by Crippen LogP contribution is -2.43. The lowest BCUT2D eigenvalue weighted by Gasteiger charge is -2.34. The SMILES string of the molecule is Cc1ccc(/C=C2/C(=O)/C(=C/c3ccc(C)o3)C3CCC2N3C)o1. The number of hydrogen-bond acceptors (Lipinski definition) is 4. The van der Waals surface area contributed by atoms with Gasteiger partial charge in [-0.25, -0.2) is 0 Å². The Morgan fingerprint density at radius 2 is 1.38 bits per heavy atom. The first kappa shape index (κ1) is 15.2. The first-order valence-corrected chi connectivity index (χ1v) is 8.35. The van der Waals surface area contributed by atoms with Crippen LogP contribution in [0.1, 0.15) is 35.9 Å². The number of Topliss-reactive ketones (excluding diaryl/α,β-unsaturated/α-hetero) is 1. The first-order valence-electron chi connectivity index (χ1n) is 8.35. The van der Waals surface area contributed by atoms with Gasteiger partial charge in [-0.15, -0.1) is 0 Å². The summed E-state index contributed by atoms with van der Waals surface area (Å²) in [5.74, 6) is 3.29. The summed E-state index contributed by atoms with van der Waals surface area (Å²) >= 11 is 0. The highest BCUT2D eigenvalue weighted by Crippen LogP contribution is 2.40. The van der Waals surface area contributed by atoms with E-state index in [0.29, 0.717) is 0 Å². The van der Waals surface area contributed by atoms with Crippen LogP contribution in [0.25, 0.3) is 12.2 Å². The average molecular weight is 323 g/mol. The molecule has 2 fully saturated rings. The number of carbonyl (C=O) groups excluding carboxylic acids is 1. The Morgan fingerprint density at radius 1 is 0.917 bits per heavy atom. The van der Waals surface area contributed by atoms with Crippen molar-refractivity contribution in [3.05, 3.63) is 58.5 Å². The monoisotopic (exact) mass is 323 g/mol. The highest BCUT2D eigenvalue weighted by Gasteiger charge is 2.44. The topological polar surface area (TPSA) is 46.6 Å². The molecule has 2 saturated heterocycles. The quantitative estimate of drug-likeness (QED) is 0.784. The van der Waals surface area contributed by atoms with Crippen molar-refractivity contribution in [2.24, 2.45) is 0 Å². The highest BCUT2D eigenvalue weighted by atomic mass is 16.3. The molecule has 124 valence electrons. The molecule has 2 unspecified atom stereocenters. The number of nitrogens with zero attached hydrogens (tertiary/aromatic N) is 1. The van der Waals surface area contributed by atoms with E-state index in [9.17, 15) is 4.79 Å². The standard InChI is InChI=1S/C20H21NO3/c1-12-4-6-14(23-12)10-16-18-8-9-19(21(18)3)17(20(16)22)11-15-7-5-13(2)24-15/h4-7,10-11,18-19H,8-9H2,1-3H3/b16-10+,17-11+. The van der Waals surface area contributed by atoms with Crippen molar-refractivity contribution in [2.45, 2.75) is 38.8 Å². The Hall–Kier alpha value is -2.33. The summed E-state index contributed by atoms with van der Waals surface area (Å²) in [7, 11) is 2.09. The predicted molar refractivity (Wildman–Crippen MR) is 92.4 cm³/mol. The molecule has 0 N–H and O–H groups in total. The number of likely N-dealkylation sites (N-methyl/N-ethyl adjacent to an activating group) is 1. The van der Waals surface area contributed by atoms with Gasteiger partial charge in [-0.05, 0) is 70.2 Å². The molecule has 2 bridgehead atoms. The molecule has 4 heterocycles. The maximum atomic E-state index is 13.1. The molecule has 4 rings (SSSR count). The second-order valence-electron chi connectivity index (χ2n) is 6.70. The molecule has 2 aromatic rings. The van der Waals surface area contributed by atoms with Crippen molar-refractivity contribution in [1.82, 2.24) is 4.90 Å². The minimum Gasteiger partial charge on any atom is -0.462 e. The molecule has 2 aromatic heterocycles. The Balaban J connectivity index is 1.77. The molecule has 4 nitrogen and oxygen atoms in total. The van der Waals surface area contributed by atoms with E-state index in [1.165, 1.54) is 0 Å². The third-order valence-electron chi connectivity index (χ3n) is 5.06. The molecule has 0 aromatic carbocycles. The third kappa shape index (κ3) is 2.47. The molecule has 2 aliphatic heterocycles. The van der Waals surface area contributed by atoms with E-state index in [-0.39, 0.29) is 17.9 Å². The zero-order chi connectivity index (χ0) is 16.8. The van der Waals surface area contributed by atoms with E-state index in [0.717, 1.165) is 47.0 Å². The van der Waals surface area contributed by atoms with E-state index in [2.05, 4.69) is 11.9 Å². The number of ketones is 1. The largest absolute Gasteiger partial charge is 0.462 e. The summed E-state index contributed by atoms with van der Waals surface area (Å²) in [6.45, 7) is 3.82. The summed E-state index contributed by atoms with van der Waals surface area (Å²) < 4.78 is 11.3. The fraction of sp³-hybridized carbons (Fsp3) is 0.350. The fourth-order valence-electron chi connectivity index (χ4n) is 3.85. The van der Waals surface area contributed by atoms with E-state index >= 15 is 0 Å².